The molecule has 0 atom stereocenters. The smallest absolute Gasteiger partial charge is 0.326 e. The third-order valence-electron chi connectivity index (χ3n) is 7.39. The first-order valence-electron chi connectivity index (χ1n) is 14.4. The first-order chi connectivity index (χ1) is 21.5. The van der Waals surface area contributed by atoms with E-state index in [9.17, 15) is 18.0 Å². The number of piperidine rings is 1. The zero-order valence-corrected chi connectivity index (χ0v) is 25.8. The molecule has 4 N–H and O–H groups in total. The molecule has 3 heterocycles. The number of nitrogens with one attached hydrogen (secondary N) is 2. The van der Waals surface area contributed by atoms with Crippen LogP contribution in [0, 0.1) is 6.92 Å². The SMILES string of the molecule is Cc1nc(Oc2ccc(NS(C)(=O)=O)cc2)ccc1CN1CCC(N(C(=O)Nc2ccc(C(N)=O)nc2)c2ccccc2)CC1. The molecular weight excluding hydrogens is 594 g/mol. The molecule has 1 fully saturated rings. The number of sulfonamides is 1. The van der Waals surface area contributed by atoms with Crippen molar-refractivity contribution in [1.82, 2.24) is 14.9 Å². The number of likely N-dealkylation sites (tertiary alicyclic amines) is 1. The van der Waals surface area contributed by atoms with Crippen molar-refractivity contribution < 1.29 is 22.7 Å². The van der Waals surface area contributed by atoms with Gasteiger partial charge >= 0.3 is 6.03 Å². The van der Waals surface area contributed by atoms with Crippen LogP contribution in [0.3, 0.4) is 0 Å². The van der Waals surface area contributed by atoms with Gasteiger partial charge in [0, 0.05) is 48.8 Å². The molecule has 0 radical (unpaired) electrons. The second-order valence-corrected chi connectivity index (χ2v) is 12.6. The Bertz CT molecular complexity index is 1740. The molecular formula is C32H35N7O5S. The van der Waals surface area contributed by atoms with E-state index in [0.29, 0.717) is 29.5 Å². The molecule has 0 bridgehead atoms. The lowest BCUT2D eigenvalue weighted by molar-refractivity contribution is 0.0995. The largest absolute Gasteiger partial charge is 0.439 e. The Balaban J connectivity index is 1.19. The van der Waals surface area contributed by atoms with Crippen molar-refractivity contribution in [3.8, 4) is 11.6 Å². The lowest BCUT2D eigenvalue weighted by Gasteiger charge is -2.38. The number of urea groups is 1. The molecule has 0 spiro atoms. The predicted octanol–water partition coefficient (Wildman–Crippen LogP) is 4.75. The van der Waals surface area contributed by atoms with Crippen LogP contribution in [-0.4, -0.2) is 60.6 Å². The minimum absolute atomic E-state index is 0.0180. The number of nitrogens with two attached hydrogens (primary N) is 1. The summed E-state index contributed by atoms with van der Waals surface area (Å²) in [5, 5.41) is 2.91. The standard InChI is InChI=1S/C32H35N7O5S/c1-22-23(8-15-30(35-22)44-28-12-9-24(10-13-28)37-45(2,42)43)21-38-18-16-27(17-19-38)39(26-6-4-3-5-7-26)32(41)36-25-11-14-29(31(33)40)34-20-25/h3-15,20,27,37H,16-19,21H2,1-2H3,(H2,33,40)(H,36,41). The van der Waals surface area contributed by atoms with Crippen LogP contribution in [0.2, 0.25) is 0 Å². The highest BCUT2D eigenvalue weighted by Gasteiger charge is 2.29. The molecule has 4 aromatic rings. The average Bonchev–Trinajstić information content (AvgIpc) is 3.00. The summed E-state index contributed by atoms with van der Waals surface area (Å²) in [7, 11) is -3.35. The average molecular weight is 630 g/mol. The van der Waals surface area contributed by atoms with Crippen LogP contribution in [0.1, 0.15) is 34.6 Å². The number of ether oxygens (including phenoxy) is 1. The lowest BCUT2D eigenvalue weighted by atomic mass is 10.0. The number of anilines is 3. The van der Waals surface area contributed by atoms with E-state index in [2.05, 4.69) is 24.9 Å². The van der Waals surface area contributed by atoms with Gasteiger partial charge in [-0.1, -0.05) is 24.3 Å². The van der Waals surface area contributed by atoms with Gasteiger partial charge in [-0.2, -0.15) is 0 Å². The summed E-state index contributed by atoms with van der Waals surface area (Å²) in [6.45, 7) is 4.25. The van der Waals surface area contributed by atoms with Crippen molar-refractivity contribution in [1.29, 1.82) is 0 Å². The molecule has 45 heavy (non-hydrogen) atoms. The lowest BCUT2D eigenvalue weighted by Crippen LogP contribution is -2.49. The third kappa shape index (κ3) is 8.55. The zero-order valence-electron chi connectivity index (χ0n) is 25.0. The molecule has 0 unspecified atom stereocenters. The highest BCUT2D eigenvalue weighted by atomic mass is 32.2. The number of aromatic nitrogens is 2. The highest BCUT2D eigenvalue weighted by Crippen LogP contribution is 2.27. The van der Waals surface area contributed by atoms with Gasteiger partial charge in [-0.3, -0.25) is 19.3 Å². The summed E-state index contributed by atoms with van der Waals surface area (Å²) in [5.74, 6) is 0.360. The van der Waals surface area contributed by atoms with E-state index >= 15 is 0 Å². The summed E-state index contributed by atoms with van der Waals surface area (Å²) < 4.78 is 31.1. The molecule has 13 heteroatoms. The van der Waals surface area contributed by atoms with E-state index in [1.807, 2.05) is 49.4 Å². The minimum atomic E-state index is -3.35. The van der Waals surface area contributed by atoms with Gasteiger partial charge in [0.2, 0.25) is 15.9 Å². The van der Waals surface area contributed by atoms with Crippen molar-refractivity contribution in [2.24, 2.45) is 5.73 Å². The number of primary amides is 1. The van der Waals surface area contributed by atoms with Gasteiger partial charge in [-0.15, -0.1) is 0 Å². The quantitative estimate of drug-likeness (QED) is 0.227. The number of nitrogens with zero attached hydrogens (tertiary/aromatic N) is 4. The maximum Gasteiger partial charge on any atom is 0.326 e. The molecule has 12 nitrogen and oxygen atoms in total. The second-order valence-electron chi connectivity index (χ2n) is 10.8. The number of hydrogen-bond donors (Lipinski definition) is 3. The fourth-order valence-electron chi connectivity index (χ4n) is 5.17. The zero-order chi connectivity index (χ0) is 32.0. The molecule has 5 rings (SSSR count). The van der Waals surface area contributed by atoms with Crippen LogP contribution in [0.15, 0.2) is 85.1 Å². The number of hydrogen-bond acceptors (Lipinski definition) is 8. The highest BCUT2D eigenvalue weighted by molar-refractivity contribution is 7.92. The van der Waals surface area contributed by atoms with Crippen molar-refractivity contribution in [2.45, 2.75) is 32.4 Å². The number of pyridine rings is 2. The summed E-state index contributed by atoms with van der Waals surface area (Å²) in [4.78, 5) is 37.7. The molecule has 0 saturated carbocycles. The Hall–Kier alpha value is -5.01. The van der Waals surface area contributed by atoms with E-state index in [1.54, 1.807) is 35.2 Å². The Morgan fingerprint density at radius 3 is 2.27 bits per heavy atom. The van der Waals surface area contributed by atoms with Crippen LogP contribution >= 0.6 is 0 Å². The molecule has 2 aromatic heterocycles. The summed E-state index contributed by atoms with van der Waals surface area (Å²) in [6.07, 6.45) is 4.07. The maximum absolute atomic E-state index is 13.5. The van der Waals surface area contributed by atoms with Crippen LogP contribution in [-0.2, 0) is 16.6 Å². The van der Waals surface area contributed by atoms with E-state index in [-0.39, 0.29) is 17.8 Å². The Morgan fingerprint density at radius 1 is 0.978 bits per heavy atom. The molecule has 3 amide bonds. The Morgan fingerprint density at radius 2 is 1.67 bits per heavy atom. The summed E-state index contributed by atoms with van der Waals surface area (Å²) in [5.41, 5.74) is 9.07. The number of para-hydroxylation sites is 1. The predicted molar refractivity (Wildman–Crippen MR) is 173 cm³/mol. The van der Waals surface area contributed by atoms with Crippen LogP contribution < -0.4 is 25.4 Å². The first kappa shape index (κ1) is 31.4. The molecule has 1 aliphatic heterocycles. The van der Waals surface area contributed by atoms with Gasteiger partial charge in [0.1, 0.15) is 11.4 Å². The van der Waals surface area contributed by atoms with Crippen molar-refractivity contribution >= 4 is 39.0 Å². The van der Waals surface area contributed by atoms with Gasteiger partial charge in [0.25, 0.3) is 5.91 Å². The molecule has 1 saturated heterocycles. The Labute approximate surface area is 262 Å². The number of amides is 3. The van der Waals surface area contributed by atoms with E-state index < -0.39 is 15.9 Å². The molecule has 0 aliphatic carbocycles. The normalized spacial score (nSPS) is 14.0. The maximum atomic E-state index is 13.5. The van der Waals surface area contributed by atoms with Crippen LogP contribution in [0.25, 0.3) is 0 Å². The summed E-state index contributed by atoms with van der Waals surface area (Å²) >= 11 is 0. The number of carbonyl (C=O) groups is 2. The third-order valence-corrected chi connectivity index (χ3v) is 7.99. The van der Waals surface area contributed by atoms with Crippen LogP contribution in [0.5, 0.6) is 11.6 Å². The minimum Gasteiger partial charge on any atom is -0.439 e. The monoisotopic (exact) mass is 629 g/mol. The fraction of sp³-hybridized carbons (Fsp3) is 0.250. The second kappa shape index (κ2) is 13.7. The first-order valence-corrected chi connectivity index (χ1v) is 16.3. The number of benzene rings is 2. The van der Waals surface area contributed by atoms with Gasteiger partial charge in [0.15, 0.2) is 0 Å². The van der Waals surface area contributed by atoms with Gasteiger partial charge in [-0.05, 0) is 73.9 Å². The summed E-state index contributed by atoms with van der Waals surface area (Å²) in [6, 6.07) is 22.8. The van der Waals surface area contributed by atoms with Crippen molar-refractivity contribution in [2.75, 3.05) is 34.3 Å². The van der Waals surface area contributed by atoms with Crippen molar-refractivity contribution in [3.63, 3.8) is 0 Å². The Kier molecular flexibility index (Phi) is 9.59. The van der Waals surface area contributed by atoms with Gasteiger partial charge < -0.3 is 15.8 Å². The van der Waals surface area contributed by atoms with Gasteiger partial charge in [0.05, 0.1) is 18.1 Å². The fourth-order valence-corrected chi connectivity index (χ4v) is 5.74. The van der Waals surface area contributed by atoms with E-state index in [4.69, 9.17) is 10.5 Å². The van der Waals surface area contributed by atoms with Crippen LogP contribution in [0.4, 0.5) is 21.9 Å². The van der Waals surface area contributed by atoms with Gasteiger partial charge in [-0.25, -0.2) is 23.2 Å². The molecule has 234 valence electrons. The van der Waals surface area contributed by atoms with Crippen molar-refractivity contribution in [3.05, 3.63) is 102 Å². The number of aryl methyl sites for hydroxylation is 1. The van der Waals surface area contributed by atoms with E-state index in [0.717, 1.165) is 49.1 Å². The van der Waals surface area contributed by atoms with E-state index in [1.165, 1.54) is 12.3 Å². The molecule has 2 aromatic carbocycles. The topological polar surface area (TPSA) is 160 Å². The molecule has 1 aliphatic rings. The number of rotatable bonds is 10. The number of carbonyl (C=O) groups excluding carboxylic acids is 2.